The fraction of sp³-hybridized carbons (Fsp3) is 0.933. The van der Waals surface area contributed by atoms with Gasteiger partial charge in [0.2, 0.25) is 0 Å². The Bertz CT molecular complexity index is 255. The molecule has 19 heavy (non-hydrogen) atoms. The zero-order valence-corrected chi connectivity index (χ0v) is 13.2. The molecule has 0 atom stereocenters. The van der Waals surface area contributed by atoms with Gasteiger partial charge in [0, 0.05) is 19.1 Å². The Hall–Kier alpha value is -0.770. The van der Waals surface area contributed by atoms with Crippen LogP contribution in [-0.2, 0) is 0 Å². The van der Waals surface area contributed by atoms with Crippen LogP contribution in [0.3, 0.4) is 0 Å². The lowest BCUT2D eigenvalue weighted by atomic mass is 9.87. The fourth-order valence-electron chi connectivity index (χ4n) is 2.50. The van der Waals surface area contributed by atoms with E-state index in [1.54, 1.807) is 0 Å². The van der Waals surface area contributed by atoms with E-state index < -0.39 is 0 Å². The highest BCUT2D eigenvalue weighted by Gasteiger charge is 2.18. The number of nitrogens with one attached hydrogen (secondary N) is 2. The number of hydrogen-bond acceptors (Lipinski definition) is 2. The molecule has 1 saturated carbocycles. The van der Waals surface area contributed by atoms with Gasteiger partial charge in [0.1, 0.15) is 0 Å². The molecule has 0 spiro atoms. The van der Waals surface area contributed by atoms with Crippen LogP contribution in [0.5, 0.6) is 0 Å². The summed E-state index contributed by atoms with van der Waals surface area (Å²) < 4.78 is 0. The molecule has 0 aliphatic heterocycles. The van der Waals surface area contributed by atoms with E-state index in [0.717, 1.165) is 37.9 Å². The van der Waals surface area contributed by atoms with Gasteiger partial charge in [0.15, 0.2) is 5.96 Å². The molecule has 1 aliphatic carbocycles. The van der Waals surface area contributed by atoms with E-state index >= 15 is 0 Å². The normalized spacial score (nSPS) is 24.6. The van der Waals surface area contributed by atoms with Gasteiger partial charge >= 0.3 is 0 Å². The fourth-order valence-corrected chi connectivity index (χ4v) is 2.50. The van der Waals surface area contributed by atoms with E-state index in [-0.39, 0.29) is 0 Å². The van der Waals surface area contributed by atoms with E-state index in [0.29, 0.717) is 6.04 Å². The van der Waals surface area contributed by atoms with E-state index in [4.69, 9.17) is 0 Å². The standard InChI is InChI=1S/C15H32N4/c1-5-16-15(17-11-6-12-19(3)4)18-14-9-7-13(2)8-10-14/h13-14H,5-12H2,1-4H3,(H2,16,17,18). The van der Waals surface area contributed by atoms with Crippen LogP contribution >= 0.6 is 0 Å². The van der Waals surface area contributed by atoms with Crippen molar-refractivity contribution in [3.8, 4) is 0 Å². The Morgan fingerprint density at radius 2 is 1.89 bits per heavy atom. The highest BCUT2D eigenvalue weighted by molar-refractivity contribution is 5.80. The van der Waals surface area contributed by atoms with Crippen LogP contribution in [0.15, 0.2) is 4.99 Å². The molecule has 1 rings (SSSR count). The number of rotatable bonds is 6. The summed E-state index contributed by atoms with van der Waals surface area (Å²) in [5, 5.41) is 6.95. The van der Waals surface area contributed by atoms with Crippen molar-refractivity contribution in [1.29, 1.82) is 0 Å². The van der Waals surface area contributed by atoms with Crippen molar-refractivity contribution in [3.63, 3.8) is 0 Å². The molecule has 0 amide bonds. The Morgan fingerprint density at radius 1 is 1.21 bits per heavy atom. The van der Waals surface area contributed by atoms with Gasteiger partial charge < -0.3 is 15.5 Å². The van der Waals surface area contributed by atoms with Crippen LogP contribution in [0.1, 0.15) is 46.0 Å². The van der Waals surface area contributed by atoms with E-state index in [9.17, 15) is 0 Å². The van der Waals surface area contributed by atoms with Gasteiger partial charge in [-0.1, -0.05) is 6.92 Å². The number of nitrogens with zero attached hydrogens (tertiary/aromatic N) is 2. The van der Waals surface area contributed by atoms with E-state index in [1.807, 2.05) is 0 Å². The van der Waals surface area contributed by atoms with Crippen molar-refractivity contribution < 1.29 is 0 Å². The van der Waals surface area contributed by atoms with Gasteiger partial charge in [-0.05, 0) is 65.6 Å². The minimum Gasteiger partial charge on any atom is -0.357 e. The van der Waals surface area contributed by atoms with Crippen LogP contribution in [0.2, 0.25) is 0 Å². The van der Waals surface area contributed by atoms with Crippen LogP contribution < -0.4 is 10.6 Å². The molecule has 1 fully saturated rings. The topological polar surface area (TPSA) is 39.7 Å². The predicted octanol–water partition coefficient (Wildman–Crippen LogP) is 2.07. The van der Waals surface area contributed by atoms with Crippen molar-refractivity contribution in [2.24, 2.45) is 10.9 Å². The molecular weight excluding hydrogens is 236 g/mol. The zero-order valence-electron chi connectivity index (χ0n) is 13.2. The molecule has 2 N–H and O–H groups in total. The third-order valence-corrected chi connectivity index (χ3v) is 3.73. The first kappa shape index (κ1) is 16.3. The number of guanidine groups is 1. The molecule has 0 aromatic rings. The molecule has 0 aromatic heterocycles. The number of aliphatic imine (C=N–C) groups is 1. The monoisotopic (exact) mass is 268 g/mol. The molecule has 0 saturated heterocycles. The smallest absolute Gasteiger partial charge is 0.191 e. The maximum atomic E-state index is 4.67. The molecule has 4 nitrogen and oxygen atoms in total. The lowest BCUT2D eigenvalue weighted by Crippen LogP contribution is -2.44. The second kappa shape index (κ2) is 9.18. The second-order valence-corrected chi connectivity index (χ2v) is 6.02. The van der Waals surface area contributed by atoms with Crippen LogP contribution in [0.4, 0.5) is 0 Å². The van der Waals surface area contributed by atoms with E-state index in [2.05, 4.69) is 48.5 Å². The van der Waals surface area contributed by atoms with Crippen LogP contribution in [0.25, 0.3) is 0 Å². The molecule has 112 valence electrons. The number of hydrogen-bond donors (Lipinski definition) is 2. The first-order valence-corrected chi connectivity index (χ1v) is 7.81. The summed E-state index contributed by atoms with van der Waals surface area (Å²) >= 11 is 0. The third kappa shape index (κ3) is 7.41. The summed E-state index contributed by atoms with van der Waals surface area (Å²) in [6, 6.07) is 0.614. The maximum Gasteiger partial charge on any atom is 0.191 e. The summed E-state index contributed by atoms with van der Waals surface area (Å²) in [6.45, 7) is 7.42. The first-order valence-electron chi connectivity index (χ1n) is 7.81. The van der Waals surface area contributed by atoms with Gasteiger partial charge in [-0.2, -0.15) is 0 Å². The zero-order chi connectivity index (χ0) is 14.1. The molecule has 0 bridgehead atoms. The summed E-state index contributed by atoms with van der Waals surface area (Å²) in [6.07, 6.45) is 6.37. The minimum absolute atomic E-state index is 0.614. The summed E-state index contributed by atoms with van der Waals surface area (Å²) in [4.78, 5) is 6.87. The lowest BCUT2D eigenvalue weighted by molar-refractivity contribution is 0.329. The predicted molar refractivity (Wildman–Crippen MR) is 83.7 cm³/mol. The quantitative estimate of drug-likeness (QED) is 0.440. The second-order valence-electron chi connectivity index (χ2n) is 6.02. The summed E-state index contributed by atoms with van der Waals surface area (Å²) in [5.74, 6) is 1.90. The average Bonchev–Trinajstić information content (AvgIpc) is 2.37. The third-order valence-electron chi connectivity index (χ3n) is 3.73. The Labute approximate surface area is 119 Å². The molecule has 4 heteroatoms. The van der Waals surface area contributed by atoms with Crippen molar-refractivity contribution in [2.75, 3.05) is 33.7 Å². The maximum absolute atomic E-state index is 4.67. The van der Waals surface area contributed by atoms with Crippen molar-refractivity contribution >= 4 is 5.96 Å². The molecule has 0 heterocycles. The Kier molecular flexibility index (Phi) is 7.87. The van der Waals surface area contributed by atoms with E-state index in [1.165, 1.54) is 25.7 Å². The largest absolute Gasteiger partial charge is 0.357 e. The highest BCUT2D eigenvalue weighted by atomic mass is 15.2. The van der Waals surface area contributed by atoms with Crippen molar-refractivity contribution in [1.82, 2.24) is 15.5 Å². The van der Waals surface area contributed by atoms with Crippen molar-refractivity contribution in [3.05, 3.63) is 0 Å². The van der Waals surface area contributed by atoms with Gasteiger partial charge in [-0.15, -0.1) is 0 Å². The molecule has 0 unspecified atom stereocenters. The molecular formula is C15H32N4. The summed E-state index contributed by atoms with van der Waals surface area (Å²) in [7, 11) is 4.22. The van der Waals surface area contributed by atoms with Gasteiger partial charge in [-0.25, -0.2) is 0 Å². The van der Waals surface area contributed by atoms with Gasteiger partial charge in [-0.3, -0.25) is 4.99 Å². The molecule has 0 radical (unpaired) electrons. The molecule has 1 aliphatic rings. The SMILES string of the molecule is CCNC(=NCCCN(C)C)NC1CCC(C)CC1. The lowest BCUT2D eigenvalue weighted by Gasteiger charge is -2.28. The van der Waals surface area contributed by atoms with Crippen LogP contribution in [-0.4, -0.2) is 50.6 Å². The van der Waals surface area contributed by atoms with Gasteiger partial charge in [0.25, 0.3) is 0 Å². The van der Waals surface area contributed by atoms with Crippen LogP contribution in [0, 0.1) is 5.92 Å². The average molecular weight is 268 g/mol. The Balaban J connectivity index is 2.32. The van der Waals surface area contributed by atoms with Crippen molar-refractivity contribution in [2.45, 2.75) is 52.0 Å². The summed E-state index contributed by atoms with van der Waals surface area (Å²) in [5.41, 5.74) is 0. The van der Waals surface area contributed by atoms with Gasteiger partial charge in [0.05, 0.1) is 0 Å². The Morgan fingerprint density at radius 3 is 2.47 bits per heavy atom. The molecule has 0 aromatic carbocycles. The highest BCUT2D eigenvalue weighted by Crippen LogP contribution is 2.23. The minimum atomic E-state index is 0.614. The first-order chi connectivity index (χ1) is 9.11.